The van der Waals surface area contributed by atoms with Gasteiger partial charge in [0.2, 0.25) is 5.91 Å². The van der Waals surface area contributed by atoms with Crippen LogP contribution in [0.15, 0.2) is 22.7 Å². The van der Waals surface area contributed by atoms with Gasteiger partial charge in [0, 0.05) is 16.9 Å². The molecule has 1 amide bonds. The minimum absolute atomic E-state index is 0.0590. The Hall–Kier alpha value is -0.870. The van der Waals surface area contributed by atoms with Crippen molar-refractivity contribution >= 4 is 27.5 Å². The lowest BCUT2D eigenvalue weighted by molar-refractivity contribution is -0.116. The summed E-state index contributed by atoms with van der Waals surface area (Å²) in [6, 6.07) is 5.62. The van der Waals surface area contributed by atoms with Crippen molar-refractivity contribution in [1.29, 1.82) is 0 Å². The van der Waals surface area contributed by atoms with E-state index in [1.807, 2.05) is 32.0 Å². The normalized spacial score (nSPS) is 12.3. The molecule has 0 saturated carbocycles. The Balaban J connectivity index is 2.73. The third-order valence-corrected chi connectivity index (χ3v) is 3.03. The number of anilines is 1. The molecule has 1 unspecified atom stereocenters. The molecule has 0 bridgehead atoms. The molecule has 0 fully saturated rings. The van der Waals surface area contributed by atoms with Crippen LogP contribution in [0, 0.1) is 6.92 Å². The largest absolute Gasteiger partial charge is 0.327 e. The Morgan fingerprint density at radius 1 is 1.60 bits per heavy atom. The number of aryl methyl sites for hydroxylation is 1. The van der Waals surface area contributed by atoms with Crippen LogP contribution < -0.4 is 11.1 Å². The molecule has 15 heavy (non-hydrogen) atoms. The number of benzene rings is 1. The summed E-state index contributed by atoms with van der Waals surface area (Å²) >= 11 is 3.43. The lowest BCUT2D eigenvalue weighted by atomic mass is 10.2. The van der Waals surface area contributed by atoms with Gasteiger partial charge in [0.1, 0.15) is 0 Å². The van der Waals surface area contributed by atoms with E-state index in [0.717, 1.165) is 15.7 Å². The average Bonchev–Trinajstić information content (AvgIpc) is 2.11. The standard InChI is InChI=1S/C11H15BrN2O/c1-7-4-3-5-9(11(7)12)14-10(15)6-8(2)13/h3-5,8H,6,13H2,1-2H3,(H,14,15). The van der Waals surface area contributed by atoms with Crippen LogP contribution in [0.4, 0.5) is 5.69 Å². The molecule has 0 heterocycles. The van der Waals surface area contributed by atoms with Crippen LogP contribution in [-0.2, 0) is 4.79 Å². The van der Waals surface area contributed by atoms with Gasteiger partial charge in [0.15, 0.2) is 0 Å². The summed E-state index contributed by atoms with van der Waals surface area (Å²) in [5.41, 5.74) is 7.43. The van der Waals surface area contributed by atoms with Crippen molar-refractivity contribution in [2.45, 2.75) is 26.3 Å². The number of carbonyl (C=O) groups excluding carboxylic acids is 1. The lowest BCUT2D eigenvalue weighted by Gasteiger charge is -2.10. The molecule has 0 aromatic heterocycles. The Labute approximate surface area is 98.2 Å². The second-order valence-corrected chi connectivity index (χ2v) is 4.46. The van der Waals surface area contributed by atoms with Crippen molar-refractivity contribution in [2.24, 2.45) is 5.73 Å². The maximum Gasteiger partial charge on any atom is 0.225 e. The van der Waals surface area contributed by atoms with E-state index in [0.29, 0.717) is 6.42 Å². The van der Waals surface area contributed by atoms with E-state index in [1.165, 1.54) is 0 Å². The van der Waals surface area contributed by atoms with E-state index in [9.17, 15) is 4.79 Å². The van der Waals surface area contributed by atoms with Gasteiger partial charge in [0.05, 0.1) is 5.69 Å². The van der Waals surface area contributed by atoms with Crippen molar-refractivity contribution in [3.63, 3.8) is 0 Å². The Morgan fingerprint density at radius 2 is 2.27 bits per heavy atom. The first-order chi connectivity index (χ1) is 7.00. The number of nitrogens with one attached hydrogen (secondary N) is 1. The fourth-order valence-corrected chi connectivity index (χ4v) is 1.60. The summed E-state index contributed by atoms with van der Waals surface area (Å²) in [5.74, 6) is -0.0590. The van der Waals surface area contributed by atoms with Crippen molar-refractivity contribution in [3.8, 4) is 0 Å². The molecule has 1 aromatic rings. The summed E-state index contributed by atoms with van der Waals surface area (Å²) < 4.78 is 0.919. The second-order valence-electron chi connectivity index (χ2n) is 3.67. The number of hydrogen-bond donors (Lipinski definition) is 2. The average molecular weight is 271 g/mol. The fraction of sp³-hybridized carbons (Fsp3) is 0.364. The maximum absolute atomic E-state index is 11.5. The smallest absolute Gasteiger partial charge is 0.225 e. The van der Waals surface area contributed by atoms with Gasteiger partial charge in [-0.05, 0) is 41.4 Å². The van der Waals surface area contributed by atoms with Crippen LogP contribution >= 0.6 is 15.9 Å². The number of hydrogen-bond acceptors (Lipinski definition) is 2. The Morgan fingerprint density at radius 3 is 2.87 bits per heavy atom. The van der Waals surface area contributed by atoms with Gasteiger partial charge in [-0.15, -0.1) is 0 Å². The van der Waals surface area contributed by atoms with E-state index in [2.05, 4.69) is 21.2 Å². The molecule has 0 aliphatic carbocycles. The molecule has 0 spiro atoms. The number of halogens is 1. The van der Waals surface area contributed by atoms with Gasteiger partial charge in [-0.25, -0.2) is 0 Å². The second kappa shape index (κ2) is 5.28. The maximum atomic E-state index is 11.5. The number of amides is 1. The monoisotopic (exact) mass is 270 g/mol. The number of nitrogens with two attached hydrogens (primary N) is 1. The zero-order chi connectivity index (χ0) is 11.4. The van der Waals surface area contributed by atoms with E-state index >= 15 is 0 Å². The van der Waals surface area contributed by atoms with Crippen LogP contribution in [0.1, 0.15) is 18.9 Å². The molecule has 1 aromatic carbocycles. The molecular weight excluding hydrogens is 256 g/mol. The third kappa shape index (κ3) is 3.64. The summed E-state index contributed by atoms with van der Waals surface area (Å²) in [6.45, 7) is 3.79. The van der Waals surface area contributed by atoms with E-state index < -0.39 is 0 Å². The van der Waals surface area contributed by atoms with Gasteiger partial charge in [-0.1, -0.05) is 12.1 Å². The van der Waals surface area contributed by atoms with Crippen LogP contribution in [-0.4, -0.2) is 11.9 Å². The topological polar surface area (TPSA) is 55.1 Å². The Bertz CT molecular complexity index is 364. The zero-order valence-electron chi connectivity index (χ0n) is 8.88. The predicted molar refractivity (Wildman–Crippen MR) is 65.8 cm³/mol. The van der Waals surface area contributed by atoms with E-state index in [1.54, 1.807) is 0 Å². The van der Waals surface area contributed by atoms with Crippen molar-refractivity contribution in [2.75, 3.05) is 5.32 Å². The summed E-state index contributed by atoms with van der Waals surface area (Å²) in [6.07, 6.45) is 0.334. The SMILES string of the molecule is Cc1cccc(NC(=O)CC(C)N)c1Br. The van der Waals surface area contributed by atoms with Crippen molar-refractivity contribution in [3.05, 3.63) is 28.2 Å². The molecular formula is C11H15BrN2O. The predicted octanol–water partition coefficient (Wildman–Crippen LogP) is 2.43. The van der Waals surface area contributed by atoms with Crippen LogP contribution in [0.5, 0.6) is 0 Å². The van der Waals surface area contributed by atoms with Crippen LogP contribution in [0.3, 0.4) is 0 Å². The minimum atomic E-state index is -0.117. The van der Waals surface area contributed by atoms with E-state index in [-0.39, 0.29) is 11.9 Å². The summed E-state index contributed by atoms with van der Waals surface area (Å²) in [7, 11) is 0. The first-order valence-corrected chi connectivity index (χ1v) is 5.60. The molecule has 0 saturated heterocycles. The van der Waals surface area contributed by atoms with Crippen molar-refractivity contribution in [1.82, 2.24) is 0 Å². The van der Waals surface area contributed by atoms with Gasteiger partial charge in [-0.2, -0.15) is 0 Å². The van der Waals surface area contributed by atoms with Gasteiger partial charge >= 0.3 is 0 Å². The van der Waals surface area contributed by atoms with Crippen LogP contribution in [0.25, 0.3) is 0 Å². The number of carbonyl (C=O) groups is 1. The van der Waals surface area contributed by atoms with Gasteiger partial charge in [-0.3, -0.25) is 4.79 Å². The minimum Gasteiger partial charge on any atom is -0.327 e. The van der Waals surface area contributed by atoms with Crippen LogP contribution in [0.2, 0.25) is 0 Å². The molecule has 3 nitrogen and oxygen atoms in total. The molecule has 3 N–H and O–H groups in total. The molecule has 1 rings (SSSR count). The molecule has 0 aliphatic heterocycles. The zero-order valence-corrected chi connectivity index (χ0v) is 10.5. The lowest BCUT2D eigenvalue weighted by Crippen LogP contribution is -2.24. The molecule has 0 radical (unpaired) electrons. The summed E-state index contributed by atoms with van der Waals surface area (Å²) in [5, 5.41) is 2.82. The highest BCUT2D eigenvalue weighted by Crippen LogP contribution is 2.25. The van der Waals surface area contributed by atoms with Gasteiger partial charge < -0.3 is 11.1 Å². The van der Waals surface area contributed by atoms with Gasteiger partial charge in [0.25, 0.3) is 0 Å². The molecule has 1 atom stereocenters. The first-order valence-electron chi connectivity index (χ1n) is 4.81. The van der Waals surface area contributed by atoms with Crippen molar-refractivity contribution < 1.29 is 4.79 Å². The first kappa shape index (κ1) is 12.2. The molecule has 0 aliphatic rings. The third-order valence-electron chi connectivity index (χ3n) is 1.97. The molecule has 82 valence electrons. The van der Waals surface area contributed by atoms with E-state index in [4.69, 9.17) is 5.73 Å². The number of rotatable bonds is 3. The Kier molecular flexibility index (Phi) is 4.29. The molecule has 4 heteroatoms. The highest BCUT2D eigenvalue weighted by Gasteiger charge is 2.08. The summed E-state index contributed by atoms with van der Waals surface area (Å²) in [4.78, 5) is 11.5. The fourth-order valence-electron chi connectivity index (χ4n) is 1.24. The quantitative estimate of drug-likeness (QED) is 0.887. The highest BCUT2D eigenvalue weighted by molar-refractivity contribution is 9.10. The highest BCUT2D eigenvalue weighted by atomic mass is 79.9.